The Balaban J connectivity index is 1.56. The molecule has 0 saturated carbocycles. The minimum absolute atomic E-state index is 0.162. The third-order valence-corrected chi connectivity index (χ3v) is 5.64. The van der Waals surface area contributed by atoms with Crippen molar-refractivity contribution in [2.24, 2.45) is 0 Å². The Morgan fingerprint density at radius 3 is 3.04 bits per heavy atom. The number of nitrogens with zero attached hydrogens (tertiary/aromatic N) is 3. The summed E-state index contributed by atoms with van der Waals surface area (Å²) >= 11 is 1.73. The van der Waals surface area contributed by atoms with E-state index in [0.29, 0.717) is 25.0 Å². The molecule has 3 rings (SSSR count). The SMILES string of the molecule is CCOC1CN(N2CCC[C@H]2c2ncc(CCC(=O)OC)s2)C1. The number of aromatic nitrogens is 1. The molecule has 7 heteroatoms. The predicted molar refractivity (Wildman–Crippen MR) is 88.1 cm³/mol. The van der Waals surface area contributed by atoms with Gasteiger partial charge in [-0.3, -0.25) is 4.79 Å². The van der Waals surface area contributed by atoms with Gasteiger partial charge in [-0.1, -0.05) is 0 Å². The Hall–Kier alpha value is -1.02. The zero-order valence-corrected chi connectivity index (χ0v) is 14.7. The number of carbonyl (C=O) groups excluding carboxylic acids is 1. The molecular formula is C16H25N3O3S. The molecule has 1 aromatic heterocycles. The molecule has 2 aliphatic rings. The van der Waals surface area contributed by atoms with Crippen LogP contribution < -0.4 is 0 Å². The van der Waals surface area contributed by atoms with Gasteiger partial charge in [-0.05, 0) is 26.2 Å². The molecule has 1 aromatic rings. The van der Waals surface area contributed by atoms with Gasteiger partial charge in [0.05, 0.1) is 25.7 Å². The lowest BCUT2D eigenvalue weighted by Crippen LogP contribution is -2.59. The number of carbonyl (C=O) groups is 1. The van der Waals surface area contributed by atoms with E-state index >= 15 is 0 Å². The Morgan fingerprint density at radius 2 is 2.30 bits per heavy atom. The average Bonchev–Trinajstić information content (AvgIpc) is 3.16. The summed E-state index contributed by atoms with van der Waals surface area (Å²) in [5.41, 5.74) is 0. The number of hydrogen-bond acceptors (Lipinski definition) is 7. The lowest BCUT2D eigenvalue weighted by molar-refractivity contribution is -0.161. The molecule has 0 amide bonds. The van der Waals surface area contributed by atoms with Gasteiger partial charge in [0.1, 0.15) is 5.01 Å². The first kappa shape index (κ1) is 16.8. The van der Waals surface area contributed by atoms with Crippen LogP contribution in [-0.2, 0) is 20.7 Å². The van der Waals surface area contributed by atoms with Gasteiger partial charge in [-0.25, -0.2) is 15.0 Å². The first-order valence-corrected chi connectivity index (χ1v) is 9.17. The van der Waals surface area contributed by atoms with Crippen molar-refractivity contribution in [3.8, 4) is 0 Å². The summed E-state index contributed by atoms with van der Waals surface area (Å²) in [6, 6.07) is 0.384. The van der Waals surface area contributed by atoms with Crippen molar-refractivity contribution < 1.29 is 14.3 Å². The second-order valence-electron chi connectivity index (χ2n) is 6.01. The molecule has 0 aliphatic carbocycles. The molecule has 2 fully saturated rings. The van der Waals surface area contributed by atoms with E-state index in [1.807, 2.05) is 13.1 Å². The standard InChI is InChI=1S/C16H25N3O3S/c1-3-22-12-10-18(11-12)19-8-4-5-14(19)16-17-9-13(23-16)6-7-15(20)21-2/h9,12,14H,3-8,10-11H2,1-2H3/t14-/m0/s1. The van der Waals surface area contributed by atoms with E-state index < -0.39 is 0 Å². The second kappa shape index (κ2) is 7.70. The van der Waals surface area contributed by atoms with Crippen molar-refractivity contribution in [3.63, 3.8) is 0 Å². The molecule has 0 radical (unpaired) electrons. The molecule has 23 heavy (non-hydrogen) atoms. The largest absolute Gasteiger partial charge is 0.469 e. The highest BCUT2D eigenvalue weighted by molar-refractivity contribution is 7.11. The van der Waals surface area contributed by atoms with E-state index in [-0.39, 0.29) is 5.97 Å². The zero-order valence-electron chi connectivity index (χ0n) is 13.9. The number of esters is 1. The topological polar surface area (TPSA) is 54.9 Å². The van der Waals surface area contributed by atoms with Crippen molar-refractivity contribution in [1.82, 2.24) is 15.0 Å². The molecule has 0 aromatic carbocycles. The van der Waals surface area contributed by atoms with Crippen molar-refractivity contribution in [2.45, 2.75) is 44.8 Å². The van der Waals surface area contributed by atoms with Crippen LogP contribution in [0.4, 0.5) is 0 Å². The van der Waals surface area contributed by atoms with Gasteiger partial charge < -0.3 is 9.47 Å². The summed E-state index contributed by atoms with van der Waals surface area (Å²) in [7, 11) is 1.43. The summed E-state index contributed by atoms with van der Waals surface area (Å²) < 4.78 is 10.4. The predicted octanol–water partition coefficient (Wildman–Crippen LogP) is 2.02. The zero-order chi connectivity index (χ0) is 16.2. The summed E-state index contributed by atoms with van der Waals surface area (Å²) in [6.07, 6.45) is 5.80. The van der Waals surface area contributed by atoms with Gasteiger partial charge in [0.15, 0.2) is 0 Å². The number of thiazole rings is 1. The van der Waals surface area contributed by atoms with Crippen LogP contribution in [0.3, 0.4) is 0 Å². The van der Waals surface area contributed by atoms with Crippen molar-refractivity contribution in [3.05, 3.63) is 16.1 Å². The fraction of sp³-hybridized carbons (Fsp3) is 0.750. The normalized spacial score (nSPS) is 23.1. The Labute approximate surface area is 141 Å². The Kier molecular flexibility index (Phi) is 5.63. The smallest absolute Gasteiger partial charge is 0.305 e. The lowest BCUT2D eigenvalue weighted by Gasteiger charge is -2.46. The molecule has 6 nitrogen and oxygen atoms in total. The van der Waals surface area contributed by atoms with Crippen LogP contribution in [0.5, 0.6) is 0 Å². The minimum Gasteiger partial charge on any atom is -0.469 e. The fourth-order valence-electron chi connectivity index (χ4n) is 3.23. The van der Waals surface area contributed by atoms with Gasteiger partial charge in [0.2, 0.25) is 0 Å². The van der Waals surface area contributed by atoms with Gasteiger partial charge in [-0.2, -0.15) is 0 Å². The molecule has 1 atom stereocenters. The number of methoxy groups -OCH3 is 1. The van der Waals surface area contributed by atoms with Crippen LogP contribution in [-0.4, -0.2) is 60.4 Å². The summed E-state index contributed by atoms with van der Waals surface area (Å²) in [6.45, 7) is 5.92. The van der Waals surface area contributed by atoms with Crippen molar-refractivity contribution >= 4 is 17.3 Å². The number of hydrazine groups is 1. The van der Waals surface area contributed by atoms with E-state index in [0.717, 1.165) is 37.5 Å². The maximum absolute atomic E-state index is 11.3. The first-order chi connectivity index (χ1) is 11.2. The van der Waals surface area contributed by atoms with Crippen LogP contribution in [0.25, 0.3) is 0 Å². The second-order valence-corrected chi connectivity index (χ2v) is 7.16. The third kappa shape index (κ3) is 3.91. The number of hydrogen-bond donors (Lipinski definition) is 0. The van der Waals surface area contributed by atoms with Gasteiger partial charge in [0.25, 0.3) is 0 Å². The number of rotatable bonds is 7. The van der Waals surface area contributed by atoms with Crippen LogP contribution >= 0.6 is 11.3 Å². The fourth-order valence-corrected chi connectivity index (χ4v) is 4.29. The molecule has 0 spiro atoms. The molecule has 0 unspecified atom stereocenters. The quantitative estimate of drug-likeness (QED) is 0.709. The lowest BCUT2D eigenvalue weighted by atomic mass is 10.2. The summed E-state index contributed by atoms with van der Waals surface area (Å²) in [5, 5.41) is 6.02. The van der Waals surface area contributed by atoms with Crippen molar-refractivity contribution in [1.29, 1.82) is 0 Å². The minimum atomic E-state index is -0.162. The molecule has 0 bridgehead atoms. The van der Waals surface area contributed by atoms with Crippen LogP contribution in [0.1, 0.15) is 42.1 Å². The number of ether oxygens (including phenoxy) is 2. The van der Waals surface area contributed by atoms with E-state index in [9.17, 15) is 4.79 Å². The van der Waals surface area contributed by atoms with Crippen LogP contribution in [0.2, 0.25) is 0 Å². The van der Waals surface area contributed by atoms with Gasteiger partial charge in [0, 0.05) is 37.3 Å². The van der Waals surface area contributed by atoms with E-state index in [2.05, 4.69) is 15.0 Å². The monoisotopic (exact) mass is 339 g/mol. The Bertz CT molecular complexity index is 530. The summed E-state index contributed by atoms with van der Waals surface area (Å²) in [4.78, 5) is 17.0. The highest BCUT2D eigenvalue weighted by atomic mass is 32.1. The van der Waals surface area contributed by atoms with E-state index in [1.54, 1.807) is 11.3 Å². The molecule has 3 heterocycles. The average molecular weight is 339 g/mol. The third-order valence-electron chi connectivity index (χ3n) is 4.48. The van der Waals surface area contributed by atoms with E-state index in [4.69, 9.17) is 9.47 Å². The highest BCUT2D eigenvalue weighted by Crippen LogP contribution is 2.37. The molecule has 2 aliphatic heterocycles. The molecular weight excluding hydrogens is 314 g/mol. The maximum atomic E-state index is 11.3. The molecule has 0 N–H and O–H groups in total. The van der Waals surface area contributed by atoms with Gasteiger partial charge in [-0.15, -0.1) is 11.3 Å². The van der Waals surface area contributed by atoms with Crippen molar-refractivity contribution in [2.75, 3.05) is 33.4 Å². The van der Waals surface area contributed by atoms with Crippen LogP contribution in [0, 0.1) is 0 Å². The molecule has 128 valence electrons. The Morgan fingerprint density at radius 1 is 1.48 bits per heavy atom. The maximum Gasteiger partial charge on any atom is 0.305 e. The number of aryl methyl sites for hydroxylation is 1. The first-order valence-electron chi connectivity index (χ1n) is 8.35. The van der Waals surface area contributed by atoms with Gasteiger partial charge >= 0.3 is 5.97 Å². The van der Waals surface area contributed by atoms with Crippen LogP contribution in [0.15, 0.2) is 6.20 Å². The molecule has 2 saturated heterocycles. The highest BCUT2D eigenvalue weighted by Gasteiger charge is 2.39. The summed E-state index contributed by atoms with van der Waals surface area (Å²) in [5.74, 6) is -0.162. The van der Waals surface area contributed by atoms with E-state index in [1.165, 1.54) is 18.5 Å².